The highest BCUT2D eigenvalue weighted by Gasteiger charge is 2.40. The lowest BCUT2D eigenvalue weighted by Gasteiger charge is -2.38. The van der Waals surface area contributed by atoms with Crippen molar-refractivity contribution >= 4 is 11.9 Å². The average Bonchev–Trinajstić information content (AvgIpc) is 2.47. The van der Waals surface area contributed by atoms with Crippen molar-refractivity contribution in [2.75, 3.05) is 6.54 Å². The lowest BCUT2D eigenvalue weighted by molar-refractivity contribution is -0.154. The number of aliphatic carboxylic acids is 1. The Kier molecular flexibility index (Phi) is 4.09. The number of hydrogen-bond donors (Lipinski definition) is 2. The molecule has 20 heavy (non-hydrogen) atoms. The Morgan fingerprint density at radius 2 is 1.95 bits per heavy atom. The minimum Gasteiger partial charge on any atom is -0.480 e. The van der Waals surface area contributed by atoms with Crippen LogP contribution < -0.4 is 5.73 Å². The van der Waals surface area contributed by atoms with Crippen LogP contribution in [0.2, 0.25) is 0 Å². The molecule has 1 amide bonds. The van der Waals surface area contributed by atoms with E-state index in [9.17, 15) is 14.7 Å². The van der Waals surface area contributed by atoms with Gasteiger partial charge in [0.25, 0.3) is 0 Å². The molecule has 2 unspecified atom stereocenters. The van der Waals surface area contributed by atoms with Gasteiger partial charge in [-0.05, 0) is 31.7 Å². The summed E-state index contributed by atoms with van der Waals surface area (Å²) in [4.78, 5) is 25.4. The van der Waals surface area contributed by atoms with Gasteiger partial charge in [-0.1, -0.05) is 30.3 Å². The largest absolute Gasteiger partial charge is 0.480 e. The molecule has 2 rings (SSSR count). The van der Waals surface area contributed by atoms with Crippen LogP contribution in [-0.2, 0) is 15.1 Å². The Labute approximate surface area is 118 Å². The highest BCUT2D eigenvalue weighted by atomic mass is 16.4. The van der Waals surface area contributed by atoms with Crippen LogP contribution >= 0.6 is 0 Å². The number of likely N-dealkylation sites (tertiary alicyclic amines) is 1. The molecule has 1 saturated heterocycles. The summed E-state index contributed by atoms with van der Waals surface area (Å²) in [6.45, 7) is 2.09. The van der Waals surface area contributed by atoms with Crippen LogP contribution in [0.25, 0.3) is 0 Å². The van der Waals surface area contributed by atoms with E-state index in [1.807, 2.05) is 18.2 Å². The molecule has 0 aromatic heterocycles. The van der Waals surface area contributed by atoms with Crippen LogP contribution in [0.5, 0.6) is 0 Å². The Hall–Kier alpha value is -1.88. The number of carbonyl (C=O) groups excluding carboxylic acids is 1. The van der Waals surface area contributed by atoms with Crippen LogP contribution in [0.4, 0.5) is 0 Å². The number of nitrogens with two attached hydrogens (primary N) is 1. The van der Waals surface area contributed by atoms with Gasteiger partial charge in [0.15, 0.2) is 0 Å². The molecule has 0 radical (unpaired) electrons. The summed E-state index contributed by atoms with van der Waals surface area (Å²) in [5, 5.41) is 9.26. The van der Waals surface area contributed by atoms with E-state index in [1.54, 1.807) is 19.1 Å². The summed E-state index contributed by atoms with van der Waals surface area (Å²) in [7, 11) is 0. The Morgan fingerprint density at radius 1 is 1.30 bits per heavy atom. The van der Waals surface area contributed by atoms with Gasteiger partial charge in [0.2, 0.25) is 5.91 Å². The number of nitrogens with zero attached hydrogens (tertiary/aromatic N) is 1. The van der Waals surface area contributed by atoms with Gasteiger partial charge >= 0.3 is 5.97 Å². The van der Waals surface area contributed by atoms with Crippen LogP contribution in [-0.4, -0.2) is 34.5 Å². The minimum absolute atomic E-state index is 0.323. The van der Waals surface area contributed by atoms with Crippen LogP contribution in [0.3, 0.4) is 0 Å². The lowest BCUT2D eigenvalue weighted by Crippen LogP contribution is -2.57. The second-order valence-electron chi connectivity index (χ2n) is 5.42. The molecular weight excluding hydrogens is 256 g/mol. The second-order valence-corrected chi connectivity index (χ2v) is 5.42. The van der Waals surface area contributed by atoms with Gasteiger partial charge in [-0.15, -0.1) is 0 Å². The standard InChI is InChI=1S/C15H20N2O3/c1-15(16,11-7-3-2-4-8-11)14(20)17-10-6-5-9-12(17)13(18)19/h2-4,7-8,12H,5-6,9-10,16H2,1H3,(H,18,19). The molecular formula is C15H20N2O3. The SMILES string of the molecule is CC(N)(C(=O)N1CCCCC1C(=O)O)c1ccccc1. The molecule has 1 aliphatic rings. The molecule has 1 heterocycles. The van der Waals surface area contributed by atoms with E-state index in [-0.39, 0.29) is 5.91 Å². The molecule has 1 aromatic rings. The molecule has 0 saturated carbocycles. The number of hydrogen-bond acceptors (Lipinski definition) is 3. The summed E-state index contributed by atoms with van der Waals surface area (Å²) in [5.74, 6) is -1.28. The maximum absolute atomic E-state index is 12.7. The van der Waals surface area contributed by atoms with E-state index in [4.69, 9.17) is 5.73 Å². The predicted molar refractivity (Wildman–Crippen MR) is 75.0 cm³/mol. The van der Waals surface area contributed by atoms with Gasteiger partial charge < -0.3 is 15.7 Å². The molecule has 1 fully saturated rings. The van der Waals surface area contributed by atoms with Crippen molar-refractivity contribution in [2.24, 2.45) is 5.73 Å². The Morgan fingerprint density at radius 3 is 2.55 bits per heavy atom. The van der Waals surface area contributed by atoms with E-state index < -0.39 is 17.6 Å². The molecule has 0 spiro atoms. The molecule has 5 heteroatoms. The van der Waals surface area contributed by atoms with Crippen molar-refractivity contribution in [2.45, 2.75) is 37.8 Å². The molecule has 2 atom stereocenters. The quantitative estimate of drug-likeness (QED) is 0.872. The van der Waals surface area contributed by atoms with Crippen LogP contribution in [0.1, 0.15) is 31.7 Å². The van der Waals surface area contributed by atoms with Gasteiger partial charge in [0, 0.05) is 6.54 Å². The molecule has 5 nitrogen and oxygen atoms in total. The topological polar surface area (TPSA) is 83.6 Å². The number of piperidine rings is 1. The number of carbonyl (C=O) groups is 2. The van der Waals surface area contributed by atoms with E-state index in [2.05, 4.69) is 0 Å². The molecule has 3 N–H and O–H groups in total. The number of benzene rings is 1. The molecule has 0 aliphatic carbocycles. The van der Waals surface area contributed by atoms with Crippen molar-refractivity contribution in [3.8, 4) is 0 Å². The molecule has 108 valence electrons. The predicted octanol–water partition coefficient (Wildman–Crippen LogP) is 1.33. The van der Waals surface area contributed by atoms with E-state index in [0.717, 1.165) is 12.8 Å². The number of amides is 1. The fourth-order valence-corrected chi connectivity index (χ4v) is 2.64. The van der Waals surface area contributed by atoms with Crippen molar-refractivity contribution in [3.63, 3.8) is 0 Å². The van der Waals surface area contributed by atoms with Crippen LogP contribution in [0.15, 0.2) is 30.3 Å². The van der Waals surface area contributed by atoms with Gasteiger partial charge in [-0.2, -0.15) is 0 Å². The highest BCUT2D eigenvalue weighted by molar-refractivity contribution is 5.90. The normalized spacial score (nSPS) is 22.1. The highest BCUT2D eigenvalue weighted by Crippen LogP contribution is 2.25. The zero-order valence-electron chi connectivity index (χ0n) is 11.6. The molecule has 0 bridgehead atoms. The number of carboxylic acid groups (broad SMARTS) is 1. The summed E-state index contributed by atoms with van der Waals surface area (Å²) in [5.41, 5.74) is 5.68. The van der Waals surface area contributed by atoms with Gasteiger partial charge in [-0.25, -0.2) is 4.79 Å². The molecule has 1 aromatic carbocycles. The van der Waals surface area contributed by atoms with E-state index in [0.29, 0.717) is 18.5 Å². The third-order valence-electron chi connectivity index (χ3n) is 3.87. The minimum atomic E-state index is -1.20. The van der Waals surface area contributed by atoms with Gasteiger partial charge in [-0.3, -0.25) is 4.79 Å². The van der Waals surface area contributed by atoms with E-state index in [1.165, 1.54) is 4.90 Å². The average molecular weight is 276 g/mol. The zero-order valence-corrected chi connectivity index (χ0v) is 11.6. The summed E-state index contributed by atoms with van der Waals surface area (Å²) >= 11 is 0. The number of rotatable bonds is 3. The second kappa shape index (κ2) is 5.63. The summed E-state index contributed by atoms with van der Waals surface area (Å²) < 4.78 is 0. The van der Waals surface area contributed by atoms with Crippen molar-refractivity contribution < 1.29 is 14.7 Å². The monoisotopic (exact) mass is 276 g/mol. The first-order valence-electron chi connectivity index (χ1n) is 6.83. The smallest absolute Gasteiger partial charge is 0.326 e. The zero-order chi connectivity index (χ0) is 14.8. The maximum Gasteiger partial charge on any atom is 0.326 e. The third kappa shape index (κ3) is 2.67. The fraction of sp³-hybridized carbons (Fsp3) is 0.467. The fourth-order valence-electron chi connectivity index (χ4n) is 2.64. The Bertz CT molecular complexity index is 499. The van der Waals surface area contributed by atoms with Gasteiger partial charge in [0.1, 0.15) is 11.6 Å². The van der Waals surface area contributed by atoms with Crippen molar-refractivity contribution in [1.82, 2.24) is 4.90 Å². The van der Waals surface area contributed by atoms with Gasteiger partial charge in [0.05, 0.1) is 0 Å². The van der Waals surface area contributed by atoms with Crippen molar-refractivity contribution in [1.29, 1.82) is 0 Å². The summed E-state index contributed by atoms with van der Waals surface area (Å²) in [6, 6.07) is 8.31. The summed E-state index contributed by atoms with van der Waals surface area (Å²) in [6.07, 6.45) is 2.14. The Balaban J connectivity index is 2.27. The van der Waals surface area contributed by atoms with E-state index >= 15 is 0 Å². The first-order chi connectivity index (χ1) is 9.44. The maximum atomic E-state index is 12.7. The first-order valence-corrected chi connectivity index (χ1v) is 6.83. The molecule has 1 aliphatic heterocycles. The van der Waals surface area contributed by atoms with Crippen LogP contribution in [0, 0.1) is 0 Å². The first kappa shape index (κ1) is 14.5. The van der Waals surface area contributed by atoms with Crippen molar-refractivity contribution in [3.05, 3.63) is 35.9 Å². The third-order valence-corrected chi connectivity index (χ3v) is 3.87. The number of carboxylic acids is 1. The lowest BCUT2D eigenvalue weighted by atomic mass is 9.89.